The summed E-state index contributed by atoms with van der Waals surface area (Å²) >= 11 is 1.83. The molecule has 2 rings (SSSR count). The van der Waals surface area contributed by atoms with Crippen LogP contribution in [0, 0.1) is 5.92 Å². The van der Waals surface area contributed by atoms with Gasteiger partial charge in [-0.05, 0) is 25.3 Å². The highest BCUT2D eigenvalue weighted by molar-refractivity contribution is 7.99. The fraction of sp³-hybridized carbons (Fsp3) is 0.600. The van der Waals surface area contributed by atoms with Crippen LogP contribution in [0.2, 0.25) is 0 Å². The van der Waals surface area contributed by atoms with Crippen LogP contribution in [0.4, 0.5) is 0 Å². The normalized spacial score (nSPS) is 26.6. The molecule has 1 heterocycles. The van der Waals surface area contributed by atoms with Gasteiger partial charge >= 0.3 is 0 Å². The van der Waals surface area contributed by atoms with Gasteiger partial charge < -0.3 is 5.73 Å². The molecule has 76 valence electrons. The minimum Gasteiger partial charge on any atom is -0.330 e. The molecule has 0 aliphatic heterocycles. The topological polar surface area (TPSA) is 51.8 Å². The van der Waals surface area contributed by atoms with Gasteiger partial charge in [-0.3, -0.25) is 4.98 Å². The molecule has 1 saturated carbocycles. The maximum Gasteiger partial charge on any atom is 0.115 e. The molecule has 2 unspecified atom stereocenters. The summed E-state index contributed by atoms with van der Waals surface area (Å²) in [6.07, 6.45) is 9.13. The predicted molar refractivity (Wildman–Crippen MR) is 58.1 cm³/mol. The van der Waals surface area contributed by atoms with E-state index in [0.717, 1.165) is 11.6 Å². The van der Waals surface area contributed by atoms with E-state index in [1.807, 2.05) is 18.0 Å². The summed E-state index contributed by atoms with van der Waals surface area (Å²) in [6.45, 7) is 0.804. The van der Waals surface area contributed by atoms with Crippen LogP contribution in [0.1, 0.15) is 19.3 Å². The van der Waals surface area contributed by atoms with Gasteiger partial charge in [0.2, 0.25) is 0 Å². The Labute approximate surface area is 88.5 Å². The smallest absolute Gasteiger partial charge is 0.115 e. The van der Waals surface area contributed by atoms with Crippen molar-refractivity contribution in [1.29, 1.82) is 0 Å². The summed E-state index contributed by atoms with van der Waals surface area (Å²) in [5.41, 5.74) is 5.73. The molecular weight excluding hydrogens is 194 g/mol. The monoisotopic (exact) mass is 209 g/mol. The van der Waals surface area contributed by atoms with Gasteiger partial charge in [0, 0.05) is 17.6 Å². The molecule has 14 heavy (non-hydrogen) atoms. The van der Waals surface area contributed by atoms with E-state index < -0.39 is 0 Å². The Morgan fingerprint density at radius 3 is 3.07 bits per heavy atom. The number of hydrogen-bond acceptors (Lipinski definition) is 4. The Morgan fingerprint density at radius 2 is 2.36 bits per heavy atom. The lowest BCUT2D eigenvalue weighted by Crippen LogP contribution is -2.20. The van der Waals surface area contributed by atoms with E-state index in [1.165, 1.54) is 19.3 Å². The van der Waals surface area contributed by atoms with Crippen LogP contribution >= 0.6 is 11.8 Å². The van der Waals surface area contributed by atoms with Crippen molar-refractivity contribution in [2.24, 2.45) is 11.7 Å². The molecule has 1 aliphatic carbocycles. The number of rotatable bonds is 3. The first kappa shape index (κ1) is 9.93. The molecule has 0 saturated heterocycles. The Morgan fingerprint density at radius 1 is 1.43 bits per heavy atom. The molecule has 2 atom stereocenters. The van der Waals surface area contributed by atoms with E-state index in [1.54, 1.807) is 12.4 Å². The van der Waals surface area contributed by atoms with Crippen LogP contribution in [0.25, 0.3) is 0 Å². The number of nitrogens with two attached hydrogens (primary N) is 1. The Hall–Kier alpha value is -0.610. The highest BCUT2D eigenvalue weighted by atomic mass is 32.2. The number of aromatic nitrogens is 2. The maximum absolute atomic E-state index is 5.73. The van der Waals surface area contributed by atoms with Gasteiger partial charge in [-0.2, -0.15) is 0 Å². The first-order chi connectivity index (χ1) is 6.90. The van der Waals surface area contributed by atoms with Crippen LogP contribution < -0.4 is 5.73 Å². The zero-order valence-corrected chi connectivity index (χ0v) is 8.91. The summed E-state index contributed by atoms with van der Waals surface area (Å²) in [5, 5.41) is 1.68. The van der Waals surface area contributed by atoms with Crippen LogP contribution in [-0.2, 0) is 0 Å². The van der Waals surface area contributed by atoms with Crippen molar-refractivity contribution in [3.8, 4) is 0 Å². The summed E-state index contributed by atoms with van der Waals surface area (Å²) in [7, 11) is 0. The largest absolute Gasteiger partial charge is 0.330 e. The highest BCUT2D eigenvalue weighted by Gasteiger charge is 2.27. The van der Waals surface area contributed by atoms with Crippen LogP contribution in [0.3, 0.4) is 0 Å². The summed E-state index contributed by atoms with van der Waals surface area (Å²) in [4.78, 5) is 8.33. The fourth-order valence-corrected chi connectivity index (χ4v) is 3.21. The van der Waals surface area contributed by atoms with E-state index in [2.05, 4.69) is 9.97 Å². The summed E-state index contributed by atoms with van der Waals surface area (Å²) in [5.74, 6) is 0.669. The van der Waals surface area contributed by atoms with Crippen LogP contribution in [-0.4, -0.2) is 21.8 Å². The van der Waals surface area contributed by atoms with E-state index in [9.17, 15) is 0 Å². The Balaban J connectivity index is 1.97. The molecule has 0 spiro atoms. The average molecular weight is 209 g/mol. The average Bonchev–Trinajstić information content (AvgIpc) is 2.67. The lowest BCUT2D eigenvalue weighted by Gasteiger charge is -2.15. The van der Waals surface area contributed by atoms with Gasteiger partial charge in [-0.15, -0.1) is 11.8 Å². The lowest BCUT2D eigenvalue weighted by atomic mass is 10.1. The van der Waals surface area contributed by atoms with Gasteiger partial charge in [0.25, 0.3) is 0 Å². The van der Waals surface area contributed by atoms with Crippen molar-refractivity contribution in [3.05, 3.63) is 18.6 Å². The zero-order chi connectivity index (χ0) is 9.80. The third-order valence-corrected chi connectivity index (χ3v) is 4.08. The van der Waals surface area contributed by atoms with E-state index in [4.69, 9.17) is 5.73 Å². The van der Waals surface area contributed by atoms with Crippen molar-refractivity contribution in [3.63, 3.8) is 0 Å². The summed E-state index contributed by atoms with van der Waals surface area (Å²) < 4.78 is 0. The SMILES string of the molecule is NCC1CCCC1Sc1cnccn1. The van der Waals surface area contributed by atoms with Crippen molar-refractivity contribution in [2.45, 2.75) is 29.5 Å². The molecule has 2 N–H and O–H groups in total. The van der Waals surface area contributed by atoms with Gasteiger partial charge in [0.05, 0.1) is 6.20 Å². The van der Waals surface area contributed by atoms with Gasteiger partial charge in [0.15, 0.2) is 0 Å². The number of thioether (sulfide) groups is 1. The quantitative estimate of drug-likeness (QED) is 0.823. The van der Waals surface area contributed by atoms with E-state index >= 15 is 0 Å². The van der Waals surface area contributed by atoms with Crippen molar-refractivity contribution in [1.82, 2.24) is 9.97 Å². The molecule has 1 aromatic heterocycles. The van der Waals surface area contributed by atoms with Crippen molar-refractivity contribution >= 4 is 11.8 Å². The first-order valence-corrected chi connectivity index (χ1v) is 5.91. The second kappa shape index (κ2) is 4.75. The minimum atomic E-state index is 0.650. The molecule has 0 radical (unpaired) electrons. The molecule has 1 aromatic rings. The third kappa shape index (κ3) is 2.25. The molecule has 1 fully saturated rings. The molecule has 0 bridgehead atoms. The summed E-state index contributed by atoms with van der Waals surface area (Å²) in [6, 6.07) is 0. The predicted octanol–water partition coefficient (Wildman–Crippen LogP) is 1.70. The number of nitrogens with zero attached hydrogens (tertiary/aromatic N) is 2. The first-order valence-electron chi connectivity index (χ1n) is 5.03. The van der Waals surface area contributed by atoms with Crippen molar-refractivity contribution in [2.75, 3.05) is 6.54 Å². The molecule has 4 heteroatoms. The standard InChI is InChI=1S/C10H15N3S/c11-6-8-2-1-3-9(8)14-10-7-12-4-5-13-10/h4-5,7-9H,1-3,6,11H2. The van der Waals surface area contributed by atoms with E-state index in [-0.39, 0.29) is 0 Å². The molecular formula is C10H15N3S. The Kier molecular flexibility index (Phi) is 3.37. The molecule has 0 amide bonds. The lowest BCUT2D eigenvalue weighted by molar-refractivity contribution is 0.573. The van der Waals surface area contributed by atoms with Crippen LogP contribution in [0.15, 0.2) is 23.6 Å². The number of hydrogen-bond donors (Lipinski definition) is 1. The van der Waals surface area contributed by atoms with Crippen molar-refractivity contribution < 1.29 is 0 Å². The maximum atomic E-state index is 5.73. The Bertz CT molecular complexity index is 278. The van der Waals surface area contributed by atoms with Gasteiger partial charge in [-0.1, -0.05) is 6.42 Å². The van der Waals surface area contributed by atoms with Gasteiger partial charge in [0.1, 0.15) is 5.03 Å². The fourth-order valence-electron chi connectivity index (χ4n) is 1.93. The van der Waals surface area contributed by atoms with Crippen LogP contribution in [0.5, 0.6) is 0 Å². The zero-order valence-electron chi connectivity index (χ0n) is 8.10. The van der Waals surface area contributed by atoms with Gasteiger partial charge in [-0.25, -0.2) is 4.98 Å². The highest BCUT2D eigenvalue weighted by Crippen LogP contribution is 2.37. The second-order valence-electron chi connectivity index (χ2n) is 3.63. The second-order valence-corrected chi connectivity index (χ2v) is 4.89. The third-order valence-electron chi connectivity index (χ3n) is 2.70. The van der Waals surface area contributed by atoms with E-state index in [0.29, 0.717) is 11.2 Å². The molecule has 3 nitrogen and oxygen atoms in total. The minimum absolute atomic E-state index is 0.650. The molecule has 0 aromatic carbocycles. The molecule has 1 aliphatic rings.